The normalized spacial score (nSPS) is 18.6. The maximum Gasteiger partial charge on any atom is 0.275 e. The van der Waals surface area contributed by atoms with Crippen molar-refractivity contribution in [1.82, 2.24) is 19.7 Å². The van der Waals surface area contributed by atoms with Crippen molar-refractivity contribution in [2.75, 3.05) is 39.3 Å². The summed E-state index contributed by atoms with van der Waals surface area (Å²) in [5.41, 5.74) is 1.96. The average molecular weight is 458 g/mol. The standard InChI is InChI=1S/C23H28ClN5O3/c24-21-2-1-20(22(15-21)29(31)32)17-27-11-13-28(14-12-27)23(30)19-5-9-26(10-6-19)16-18-3-7-25-8-4-18/h1-4,7-8,15,19H,5-6,9-14,16-17H2. The number of carbonyl (C=O) groups excluding carboxylic acids is 1. The van der Waals surface area contributed by atoms with Gasteiger partial charge in [-0.3, -0.25) is 29.7 Å². The molecule has 9 heteroatoms. The number of nitrogens with zero attached hydrogens (tertiary/aromatic N) is 5. The molecule has 8 nitrogen and oxygen atoms in total. The first-order chi connectivity index (χ1) is 15.5. The van der Waals surface area contributed by atoms with E-state index in [1.807, 2.05) is 29.4 Å². The Labute approximate surface area is 192 Å². The summed E-state index contributed by atoms with van der Waals surface area (Å²) in [4.78, 5) is 34.6. The molecule has 2 aromatic rings. The first-order valence-electron chi connectivity index (χ1n) is 11.0. The summed E-state index contributed by atoms with van der Waals surface area (Å²) in [6.07, 6.45) is 5.41. The van der Waals surface area contributed by atoms with E-state index in [0.29, 0.717) is 43.3 Å². The fourth-order valence-corrected chi connectivity index (χ4v) is 4.72. The molecule has 0 bridgehead atoms. The summed E-state index contributed by atoms with van der Waals surface area (Å²) in [5, 5.41) is 11.7. The van der Waals surface area contributed by atoms with Gasteiger partial charge in [0.25, 0.3) is 5.69 Å². The Balaban J connectivity index is 1.24. The molecule has 0 radical (unpaired) electrons. The van der Waals surface area contributed by atoms with Crippen LogP contribution in [-0.4, -0.2) is 69.8 Å². The molecule has 2 aliphatic rings. The second kappa shape index (κ2) is 10.4. The molecule has 170 valence electrons. The van der Waals surface area contributed by atoms with Crippen LogP contribution in [-0.2, 0) is 17.9 Å². The third-order valence-electron chi connectivity index (χ3n) is 6.41. The van der Waals surface area contributed by atoms with Gasteiger partial charge in [-0.2, -0.15) is 0 Å². The zero-order chi connectivity index (χ0) is 22.5. The molecule has 0 saturated carbocycles. The van der Waals surface area contributed by atoms with Gasteiger partial charge in [0.1, 0.15) is 0 Å². The second-order valence-electron chi connectivity index (χ2n) is 8.54. The van der Waals surface area contributed by atoms with Crippen molar-refractivity contribution >= 4 is 23.2 Å². The van der Waals surface area contributed by atoms with E-state index in [-0.39, 0.29) is 22.4 Å². The molecule has 2 aliphatic heterocycles. The number of aromatic nitrogens is 1. The van der Waals surface area contributed by atoms with Gasteiger partial charge in [0.2, 0.25) is 5.91 Å². The molecule has 0 N–H and O–H groups in total. The smallest absolute Gasteiger partial charge is 0.275 e. The number of nitro groups is 1. The lowest BCUT2D eigenvalue weighted by Crippen LogP contribution is -2.51. The first-order valence-corrected chi connectivity index (χ1v) is 11.4. The van der Waals surface area contributed by atoms with Crippen LogP contribution >= 0.6 is 11.6 Å². The van der Waals surface area contributed by atoms with Gasteiger partial charge in [0.05, 0.1) is 4.92 Å². The van der Waals surface area contributed by atoms with E-state index in [2.05, 4.69) is 14.8 Å². The number of nitro benzene ring substituents is 1. The summed E-state index contributed by atoms with van der Waals surface area (Å²) < 4.78 is 0. The number of amides is 1. The van der Waals surface area contributed by atoms with Crippen LogP contribution in [0.3, 0.4) is 0 Å². The summed E-state index contributed by atoms with van der Waals surface area (Å²) in [7, 11) is 0. The van der Waals surface area contributed by atoms with E-state index in [1.54, 1.807) is 12.1 Å². The number of hydrogen-bond acceptors (Lipinski definition) is 6. The molecule has 2 saturated heterocycles. The molecular formula is C23H28ClN5O3. The van der Waals surface area contributed by atoms with E-state index in [9.17, 15) is 14.9 Å². The van der Waals surface area contributed by atoms with E-state index in [0.717, 1.165) is 32.5 Å². The highest BCUT2D eigenvalue weighted by atomic mass is 35.5. The maximum absolute atomic E-state index is 13.0. The minimum Gasteiger partial charge on any atom is -0.340 e. The van der Waals surface area contributed by atoms with E-state index >= 15 is 0 Å². The Morgan fingerprint density at radius 3 is 2.31 bits per heavy atom. The Kier molecular flexibility index (Phi) is 7.34. The minimum atomic E-state index is -0.387. The van der Waals surface area contributed by atoms with Crippen LogP contribution in [0.1, 0.15) is 24.0 Å². The van der Waals surface area contributed by atoms with Gasteiger partial charge in [-0.25, -0.2) is 0 Å². The van der Waals surface area contributed by atoms with Crippen LogP contribution in [0, 0.1) is 16.0 Å². The van der Waals surface area contributed by atoms with Crippen molar-refractivity contribution in [2.45, 2.75) is 25.9 Å². The van der Waals surface area contributed by atoms with Crippen molar-refractivity contribution in [3.05, 3.63) is 69.0 Å². The van der Waals surface area contributed by atoms with E-state index in [1.165, 1.54) is 11.6 Å². The Morgan fingerprint density at radius 1 is 1.00 bits per heavy atom. The Hall–Kier alpha value is -2.55. The van der Waals surface area contributed by atoms with Crippen molar-refractivity contribution in [2.24, 2.45) is 5.92 Å². The number of likely N-dealkylation sites (tertiary alicyclic amines) is 1. The van der Waals surface area contributed by atoms with Crippen molar-refractivity contribution in [1.29, 1.82) is 0 Å². The topological polar surface area (TPSA) is 82.8 Å². The molecule has 0 atom stereocenters. The minimum absolute atomic E-state index is 0.0505. The van der Waals surface area contributed by atoms with Gasteiger partial charge >= 0.3 is 0 Å². The molecule has 1 amide bonds. The Bertz CT molecular complexity index is 942. The molecule has 2 fully saturated rings. The molecule has 0 aliphatic carbocycles. The van der Waals surface area contributed by atoms with Crippen molar-refractivity contribution < 1.29 is 9.72 Å². The summed E-state index contributed by atoms with van der Waals surface area (Å²) in [6, 6.07) is 8.88. The molecular weight excluding hydrogens is 430 g/mol. The first kappa shape index (κ1) is 22.6. The third kappa shape index (κ3) is 5.62. The van der Waals surface area contributed by atoms with Gasteiger partial charge in [0, 0.05) is 74.2 Å². The Morgan fingerprint density at radius 2 is 1.66 bits per heavy atom. The maximum atomic E-state index is 13.0. The predicted octanol–water partition coefficient (Wildman–Crippen LogP) is 3.20. The van der Waals surface area contributed by atoms with Crippen LogP contribution in [0.15, 0.2) is 42.7 Å². The highest BCUT2D eigenvalue weighted by molar-refractivity contribution is 6.30. The zero-order valence-electron chi connectivity index (χ0n) is 18.0. The summed E-state index contributed by atoms with van der Waals surface area (Å²) in [6.45, 7) is 6.01. The van der Waals surface area contributed by atoms with Gasteiger partial charge in [-0.1, -0.05) is 11.6 Å². The van der Waals surface area contributed by atoms with Gasteiger partial charge in [-0.15, -0.1) is 0 Å². The lowest BCUT2D eigenvalue weighted by Gasteiger charge is -2.38. The SMILES string of the molecule is O=C(C1CCN(Cc2ccncc2)CC1)N1CCN(Cc2ccc(Cl)cc2[N+](=O)[O-])CC1. The lowest BCUT2D eigenvalue weighted by molar-refractivity contribution is -0.385. The van der Waals surface area contributed by atoms with Crippen LogP contribution in [0.5, 0.6) is 0 Å². The van der Waals surface area contributed by atoms with Crippen LogP contribution in [0.25, 0.3) is 0 Å². The van der Waals surface area contributed by atoms with Crippen molar-refractivity contribution in [3.8, 4) is 0 Å². The van der Waals surface area contributed by atoms with Gasteiger partial charge < -0.3 is 4.90 Å². The number of piperidine rings is 1. The molecule has 0 spiro atoms. The average Bonchev–Trinajstić information content (AvgIpc) is 2.81. The third-order valence-corrected chi connectivity index (χ3v) is 6.65. The van der Waals surface area contributed by atoms with Crippen LogP contribution < -0.4 is 0 Å². The lowest BCUT2D eigenvalue weighted by atomic mass is 9.94. The molecule has 1 aromatic heterocycles. The number of carbonyl (C=O) groups is 1. The zero-order valence-corrected chi connectivity index (χ0v) is 18.8. The molecule has 4 rings (SSSR count). The molecule has 0 unspecified atom stereocenters. The highest BCUT2D eigenvalue weighted by Crippen LogP contribution is 2.26. The number of hydrogen-bond donors (Lipinski definition) is 0. The second-order valence-corrected chi connectivity index (χ2v) is 8.97. The molecule has 32 heavy (non-hydrogen) atoms. The molecule has 1 aromatic carbocycles. The monoisotopic (exact) mass is 457 g/mol. The predicted molar refractivity (Wildman–Crippen MR) is 122 cm³/mol. The highest BCUT2D eigenvalue weighted by Gasteiger charge is 2.30. The largest absolute Gasteiger partial charge is 0.340 e. The summed E-state index contributed by atoms with van der Waals surface area (Å²) in [5.74, 6) is 0.346. The van der Waals surface area contributed by atoms with Crippen LogP contribution in [0.2, 0.25) is 5.02 Å². The van der Waals surface area contributed by atoms with E-state index < -0.39 is 0 Å². The number of halogens is 1. The van der Waals surface area contributed by atoms with Crippen molar-refractivity contribution in [3.63, 3.8) is 0 Å². The van der Waals surface area contributed by atoms with Gasteiger partial charge in [-0.05, 0) is 55.8 Å². The quantitative estimate of drug-likeness (QED) is 0.489. The fourth-order valence-electron chi connectivity index (χ4n) is 4.55. The van der Waals surface area contributed by atoms with Crippen LogP contribution in [0.4, 0.5) is 5.69 Å². The number of piperazine rings is 1. The summed E-state index contributed by atoms with van der Waals surface area (Å²) >= 11 is 5.91. The number of pyridine rings is 1. The van der Waals surface area contributed by atoms with E-state index in [4.69, 9.17) is 11.6 Å². The molecule has 3 heterocycles. The van der Waals surface area contributed by atoms with Gasteiger partial charge in [0.15, 0.2) is 0 Å². The number of rotatable bonds is 6. The fraction of sp³-hybridized carbons (Fsp3) is 0.478. The number of benzene rings is 1.